The fourth-order valence-corrected chi connectivity index (χ4v) is 2.92. The molecule has 2 aromatic carbocycles. The Hall–Kier alpha value is -2.49. The monoisotopic (exact) mass is 253 g/mol. The van der Waals surface area contributed by atoms with Gasteiger partial charge in [0.25, 0.3) is 0 Å². The zero-order valence-corrected chi connectivity index (χ0v) is 10.3. The molecule has 94 valence electrons. The first-order valence-corrected chi connectivity index (χ1v) is 5.95. The Morgan fingerprint density at radius 2 is 1.42 bits per heavy atom. The zero-order chi connectivity index (χ0) is 13.6. The van der Waals surface area contributed by atoms with E-state index < -0.39 is 16.2 Å². The number of fused-ring (bicyclic) bond motifs is 3. The lowest BCUT2D eigenvalue weighted by Crippen LogP contribution is -2.41. The third-order valence-electron chi connectivity index (χ3n) is 3.71. The summed E-state index contributed by atoms with van der Waals surface area (Å²) in [6, 6.07) is 14.1. The van der Waals surface area contributed by atoms with Gasteiger partial charge in [0.05, 0.1) is 0 Å². The zero-order valence-electron chi connectivity index (χ0n) is 10.3. The number of nitrogens with zero attached hydrogens (tertiary/aromatic N) is 1. The van der Waals surface area contributed by atoms with Crippen LogP contribution in [0.15, 0.2) is 48.5 Å². The molecule has 0 atom stereocenters. The summed E-state index contributed by atoms with van der Waals surface area (Å²) in [7, 11) is 0. The highest BCUT2D eigenvalue weighted by Gasteiger charge is 2.57. The molecule has 0 bridgehead atoms. The van der Waals surface area contributed by atoms with Crippen LogP contribution in [-0.2, 0) is 10.3 Å². The molecule has 0 radical (unpaired) electrons. The van der Waals surface area contributed by atoms with E-state index in [-0.39, 0.29) is 0 Å². The van der Waals surface area contributed by atoms with E-state index in [4.69, 9.17) is 0 Å². The van der Waals surface area contributed by atoms with E-state index in [1.807, 2.05) is 24.3 Å². The third kappa shape index (κ3) is 1.25. The molecule has 0 aliphatic heterocycles. The first kappa shape index (κ1) is 11.6. The van der Waals surface area contributed by atoms with Crippen LogP contribution >= 0.6 is 0 Å². The Bertz CT molecular complexity index is 645. The fraction of sp³-hybridized carbons (Fsp3) is 0.133. The van der Waals surface area contributed by atoms with Crippen LogP contribution < -0.4 is 0 Å². The van der Waals surface area contributed by atoms with Crippen molar-refractivity contribution in [2.75, 3.05) is 0 Å². The predicted molar refractivity (Wildman–Crippen MR) is 70.3 cm³/mol. The average Bonchev–Trinajstić information content (AvgIpc) is 2.70. The highest BCUT2D eigenvalue weighted by Crippen LogP contribution is 2.49. The number of carbonyl (C=O) groups is 1. The molecule has 0 N–H and O–H groups in total. The molecular formula is C15H11NO3. The molecule has 0 amide bonds. The number of hydrogen-bond acceptors (Lipinski definition) is 3. The van der Waals surface area contributed by atoms with Crippen molar-refractivity contribution in [1.29, 1.82) is 0 Å². The van der Waals surface area contributed by atoms with Crippen molar-refractivity contribution < 1.29 is 9.72 Å². The van der Waals surface area contributed by atoms with Crippen molar-refractivity contribution in [2.24, 2.45) is 0 Å². The summed E-state index contributed by atoms with van der Waals surface area (Å²) in [5.74, 6) is -0.463. The lowest BCUT2D eigenvalue weighted by molar-refractivity contribution is -0.546. The maximum atomic E-state index is 12.1. The quantitative estimate of drug-likeness (QED) is 0.610. The first-order chi connectivity index (χ1) is 9.10. The topological polar surface area (TPSA) is 60.2 Å². The lowest BCUT2D eigenvalue weighted by Gasteiger charge is -2.19. The molecule has 4 heteroatoms. The van der Waals surface area contributed by atoms with Crippen molar-refractivity contribution in [3.05, 3.63) is 69.8 Å². The average molecular weight is 253 g/mol. The number of ketones is 1. The Balaban J connectivity index is 2.49. The molecule has 0 saturated heterocycles. The van der Waals surface area contributed by atoms with Crippen molar-refractivity contribution in [1.82, 2.24) is 0 Å². The second kappa shape index (κ2) is 3.75. The molecule has 0 aromatic heterocycles. The van der Waals surface area contributed by atoms with Crippen LogP contribution in [0.1, 0.15) is 18.1 Å². The van der Waals surface area contributed by atoms with Gasteiger partial charge in [-0.25, -0.2) is 0 Å². The Morgan fingerprint density at radius 3 is 1.79 bits per heavy atom. The SMILES string of the molecule is CC(=O)C1([N+](=O)[O-])c2ccccc2-c2ccccc21. The largest absolute Gasteiger partial charge is 0.330 e. The summed E-state index contributed by atoms with van der Waals surface area (Å²) < 4.78 is 0. The van der Waals surface area contributed by atoms with Crippen LogP contribution in [0.3, 0.4) is 0 Å². The van der Waals surface area contributed by atoms with Crippen molar-refractivity contribution in [2.45, 2.75) is 12.5 Å². The normalized spacial score (nSPS) is 14.6. The maximum absolute atomic E-state index is 12.1. The molecule has 19 heavy (non-hydrogen) atoms. The van der Waals surface area contributed by atoms with Crippen LogP contribution in [0.25, 0.3) is 11.1 Å². The number of Topliss-reactive ketones (excluding diaryl/α,β-unsaturated/α-hetero) is 1. The van der Waals surface area contributed by atoms with Crippen LogP contribution in [0.5, 0.6) is 0 Å². The third-order valence-corrected chi connectivity index (χ3v) is 3.71. The van der Waals surface area contributed by atoms with Gasteiger partial charge in [-0.2, -0.15) is 0 Å². The number of carbonyl (C=O) groups excluding carboxylic acids is 1. The summed E-state index contributed by atoms with van der Waals surface area (Å²) in [5.41, 5.74) is 0.713. The summed E-state index contributed by atoms with van der Waals surface area (Å²) in [4.78, 5) is 23.3. The molecule has 4 nitrogen and oxygen atoms in total. The van der Waals surface area contributed by atoms with Crippen LogP contribution in [0.4, 0.5) is 0 Å². The molecule has 0 unspecified atom stereocenters. The van der Waals surface area contributed by atoms with Gasteiger partial charge in [-0.3, -0.25) is 14.9 Å². The second-order valence-corrected chi connectivity index (χ2v) is 4.61. The van der Waals surface area contributed by atoms with Gasteiger partial charge in [-0.15, -0.1) is 0 Å². The maximum Gasteiger partial charge on any atom is 0.330 e. The Morgan fingerprint density at radius 1 is 1.00 bits per heavy atom. The first-order valence-electron chi connectivity index (χ1n) is 5.95. The summed E-state index contributed by atoms with van der Waals surface area (Å²) >= 11 is 0. The van der Waals surface area contributed by atoms with Gasteiger partial charge in [0.15, 0.2) is 0 Å². The van der Waals surface area contributed by atoms with E-state index in [1.54, 1.807) is 24.3 Å². The molecule has 3 rings (SSSR count). The van der Waals surface area contributed by atoms with Crippen LogP contribution in [0.2, 0.25) is 0 Å². The molecule has 1 aliphatic rings. The van der Waals surface area contributed by atoms with E-state index in [0.717, 1.165) is 11.1 Å². The van der Waals surface area contributed by atoms with E-state index in [1.165, 1.54) is 6.92 Å². The van der Waals surface area contributed by atoms with Gasteiger partial charge < -0.3 is 0 Å². The molecule has 0 heterocycles. The van der Waals surface area contributed by atoms with E-state index in [2.05, 4.69) is 0 Å². The van der Waals surface area contributed by atoms with Crippen molar-refractivity contribution in [3.63, 3.8) is 0 Å². The smallest absolute Gasteiger partial charge is 0.291 e. The Labute approximate surface area is 109 Å². The van der Waals surface area contributed by atoms with E-state index in [9.17, 15) is 14.9 Å². The highest BCUT2D eigenvalue weighted by atomic mass is 16.6. The standard InChI is InChI=1S/C15H11NO3/c1-10(17)15(16(18)19)13-8-4-2-6-11(13)12-7-3-5-9-14(12)15/h2-9H,1H3. The molecule has 1 aliphatic carbocycles. The number of rotatable bonds is 2. The molecule has 0 saturated carbocycles. The lowest BCUT2D eigenvalue weighted by atomic mass is 9.84. The van der Waals surface area contributed by atoms with Crippen molar-refractivity contribution in [3.8, 4) is 11.1 Å². The van der Waals surface area contributed by atoms with Gasteiger partial charge in [0.1, 0.15) is 0 Å². The number of benzene rings is 2. The van der Waals surface area contributed by atoms with Crippen LogP contribution in [-0.4, -0.2) is 10.7 Å². The van der Waals surface area contributed by atoms with Gasteiger partial charge in [0.2, 0.25) is 5.78 Å². The second-order valence-electron chi connectivity index (χ2n) is 4.61. The Kier molecular flexibility index (Phi) is 2.29. The molecule has 2 aromatic rings. The summed E-state index contributed by atoms with van der Waals surface area (Å²) in [6.07, 6.45) is 0. The minimum Gasteiger partial charge on any atom is -0.291 e. The fourth-order valence-electron chi connectivity index (χ4n) is 2.92. The summed E-state index contributed by atoms with van der Waals surface area (Å²) in [6.45, 7) is 1.28. The minimum atomic E-state index is -1.76. The minimum absolute atomic E-state index is 0.463. The van der Waals surface area contributed by atoms with Gasteiger partial charge in [-0.1, -0.05) is 48.5 Å². The molecule has 0 spiro atoms. The van der Waals surface area contributed by atoms with E-state index in [0.29, 0.717) is 11.1 Å². The van der Waals surface area contributed by atoms with Gasteiger partial charge in [0, 0.05) is 23.0 Å². The summed E-state index contributed by atoms with van der Waals surface area (Å²) in [5, 5.41) is 11.7. The molecular weight excluding hydrogens is 242 g/mol. The highest BCUT2D eigenvalue weighted by molar-refractivity contribution is 5.98. The van der Waals surface area contributed by atoms with Crippen LogP contribution in [0, 0.1) is 10.1 Å². The van der Waals surface area contributed by atoms with E-state index >= 15 is 0 Å². The van der Waals surface area contributed by atoms with Crippen molar-refractivity contribution >= 4 is 5.78 Å². The molecule has 0 fully saturated rings. The number of hydrogen-bond donors (Lipinski definition) is 0. The van der Waals surface area contributed by atoms with Gasteiger partial charge >= 0.3 is 5.54 Å². The predicted octanol–water partition coefficient (Wildman–Crippen LogP) is 2.78. The number of nitro groups is 1. The van der Waals surface area contributed by atoms with Gasteiger partial charge in [-0.05, 0) is 11.1 Å².